The third kappa shape index (κ3) is 10.5. The third-order valence-corrected chi connectivity index (χ3v) is 7.05. The van der Waals surface area contributed by atoms with E-state index in [9.17, 15) is 9.59 Å². The smallest absolute Gasteiger partial charge is 0.348 e. The zero-order valence-corrected chi connectivity index (χ0v) is 22.5. The van der Waals surface area contributed by atoms with Crippen molar-refractivity contribution in [3.8, 4) is 0 Å². The zero-order valence-electron chi connectivity index (χ0n) is 21.7. The summed E-state index contributed by atoms with van der Waals surface area (Å²) in [6.07, 6.45) is 0.908. The van der Waals surface area contributed by atoms with Crippen molar-refractivity contribution in [1.29, 1.82) is 5.41 Å². The Bertz CT molecular complexity index is 841. The summed E-state index contributed by atoms with van der Waals surface area (Å²) >= 11 is 1.55. The first kappa shape index (κ1) is 31.4. The molecule has 34 heavy (non-hydrogen) atoms. The van der Waals surface area contributed by atoms with Crippen molar-refractivity contribution in [1.82, 2.24) is 5.06 Å². The molecule has 2 amide bonds. The molecule has 0 fully saturated rings. The van der Waals surface area contributed by atoms with E-state index in [1.165, 1.54) is 37.6 Å². The van der Waals surface area contributed by atoms with Crippen molar-refractivity contribution in [3.05, 3.63) is 35.2 Å². The predicted octanol–water partition coefficient (Wildman–Crippen LogP) is 4.83. The van der Waals surface area contributed by atoms with E-state index in [0.29, 0.717) is 6.42 Å². The molecule has 1 aromatic carbocycles. The van der Waals surface area contributed by atoms with Crippen molar-refractivity contribution in [2.24, 2.45) is 5.73 Å². The Hall–Kier alpha value is -2.65. The lowest BCUT2D eigenvalue weighted by Crippen LogP contribution is -2.47. The molecule has 2 aromatic rings. The van der Waals surface area contributed by atoms with Gasteiger partial charge in [0.05, 0.1) is 26.2 Å². The normalized spacial score (nSPS) is 11.4. The Kier molecular flexibility index (Phi) is 14.8. The Morgan fingerprint density at radius 1 is 1.12 bits per heavy atom. The summed E-state index contributed by atoms with van der Waals surface area (Å²) in [5.74, 6) is -1.04. The highest BCUT2D eigenvalue weighted by atomic mass is 32.1. The standard InChI is InChI=1S/C15H18N2O3S.C8H20N.C2H5NO/c1-3-6-14(18)20-17(15(16)19)10(2)13-9-11-7-4-5-8-12(11)21-13;1-5-9(6-2,7-3)8-4;1-2(3)4/h4-5,7-10H,3,6H2,1-2H3,(H2,16,19);5-8H2,1-4H3;1H3,(H2,3,4)/q;+1;/p-1. The molecule has 1 unspecified atom stereocenters. The van der Waals surface area contributed by atoms with Crippen LogP contribution in [-0.2, 0) is 9.63 Å². The molecular formula is C25H42N4O4S. The van der Waals surface area contributed by atoms with Crippen LogP contribution in [0.5, 0.6) is 0 Å². The van der Waals surface area contributed by atoms with Crippen LogP contribution in [0.4, 0.5) is 4.79 Å². The van der Waals surface area contributed by atoms with Gasteiger partial charge in [-0.1, -0.05) is 25.1 Å². The predicted molar refractivity (Wildman–Crippen MR) is 138 cm³/mol. The molecule has 9 heteroatoms. The maximum atomic E-state index is 11.6. The summed E-state index contributed by atoms with van der Waals surface area (Å²) in [7, 11) is 0. The van der Waals surface area contributed by atoms with Crippen molar-refractivity contribution < 1.29 is 24.0 Å². The molecule has 3 N–H and O–H groups in total. The highest BCUT2D eigenvalue weighted by molar-refractivity contribution is 7.19. The number of fused-ring (bicyclic) bond motifs is 1. The molecule has 0 saturated carbocycles. The quantitative estimate of drug-likeness (QED) is 0.236. The van der Waals surface area contributed by atoms with Gasteiger partial charge in [-0.2, -0.15) is 0 Å². The fourth-order valence-electron chi connectivity index (χ4n) is 3.34. The largest absolute Gasteiger partial charge is 0.862 e. The summed E-state index contributed by atoms with van der Waals surface area (Å²) in [6.45, 7) is 19.1. The molecule has 0 aliphatic heterocycles. The topological polar surface area (TPSA) is 120 Å². The van der Waals surface area contributed by atoms with Crippen LogP contribution >= 0.6 is 11.3 Å². The number of thiophene rings is 1. The molecule has 0 bridgehead atoms. The number of benzene rings is 1. The summed E-state index contributed by atoms with van der Waals surface area (Å²) in [5.41, 5.74) is 5.33. The average Bonchev–Trinajstić information content (AvgIpc) is 3.23. The second-order valence-electron chi connectivity index (χ2n) is 7.90. The fraction of sp³-hybridized carbons (Fsp3) is 0.560. The molecule has 0 saturated heterocycles. The number of carbonyl (C=O) groups is 2. The van der Waals surface area contributed by atoms with Gasteiger partial charge in [0.2, 0.25) is 0 Å². The van der Waals surface area contributed by atoms with Gasteiger partial charge in [-0.3, -0.25) is 0 Å². The lowest BCUT2D eigenvalue weighted by Gasteiger charge is -2.34. The first-order chi connectivity index (χ1) is 16.0. The fourth-order valence-corrected chi connectivity index (χ4v) is 4.44. The number of amides is 2. The van der Waals surface area contributed by atoms with Crippen molar-refractivity contribution >= 4 is 39.3 Å². The third-order valence-electron chi connectivity index (χ3n) is 5.76. The number of nitrogens with one attached hydrogen (secondary N) is 1. The van der Waals surface area contributed by atoms with Gasteiger partial charge in [0, 0.05) is 16.0 Å². The number of quaternary nitrogens is 1. The number of hydrogen-bond donors (Lipinski definition) is 2. The maximum Gasteiger partial charge on any atom is 0.348 e. The van der Waals surface area contributed by atoms with Crippen LogP contribution < -0.4 is 10.8 Å². The molecule has 0 aliphatic carbocycles. The Balaban J connectivity index is 0.000000697. The number of nitrogens with two attached hydrogens (primary N) is 1. The van der Waals surface area contributed by atoms with Gasteiger partial charge in [-0.05, 0) is 71.4 Å². The summed E-state index contributed by atoms with van der Waals surface area (Å²) in [4.78, 5) is 29.1. The van der Waals surface area contributed by atoms with Crippen molar-refractivity contribution in [2.45, 2.75) is 67.3 Å². The second kappa shape index (κ2) is 16.1. The van der Waals surface area contributed by atoms with E-state index in [1.807, 2.05) is 37.3 Å². The molecule has 2 rings (SSSR count). The van der Waals surface area contributed by atoms with Gasteiger partial charge in [0.1, 0.15) is 6.04 Å². The molecule has 0 radical (unpaired) electrons. The molecular weight excluding hydrogens is 452 g/mol. The van der Waals surface area contributed by atoms with Crippen molar-refractivity contribution in [3.63, 3.8) is 0 Å². The molecule has 1 aromatic heterocycles. The first-order valence-corrected chi connectivity index (χ1v) is 12.7. The highest BCUT2D eigenvalue weighted by Gasteiger charge is 2.25. The maximum absolute atomic E-state index is 11.6. The lowest BCUT2D eigenvalue weighted by molar-refractivity contribution is -0.921. The first-order valence-electron chi connectivity index (χ1n) is 11.9. The minimum atomic E-state index is -0.774. The van der Waals surface area contributed by atoms with E-state index in [1.54, 1.807) is 18.3 Å². The Labute approximate surface area is 208 Å². The van der Waals surface area contributed by atoms with Crippen LogP contribution in [0, 0.1) is 5.41 Å². The average molecular weight is 495 g/mol. The van der Waals surface area contributed by atoms with E-state index in [-0.39, 0.29) is 6.42 Å². The number of primary amides is 1. The van der Waals surface area contributed by atoms with Gasteiger partial charge in [-0.15, -0.1) is 16.4 Å². The van der Waals surface area contributed by atoms with Crippen LogP contribution in [0.2, 0.25) is 0 Å². The number of nitrogens with zero attached hydrogens (tertiary/aromatic N) is 2. The van der Waals surface area contributed by atoms with E-state index in [4.69, 9.17) is 21.1 Å². The second-order valence-corrected chi connectivity index (χ2v) is 9.02. The van der Waals surface area contributed by atoms with Gasteiger partial charge in [-0.25, -0.2) is 9.59 Å². The summed E-state index contributed by atoms with van der Waals surface area (Å²) in [5, 5.41) is 17.1. The van der Waals surface area contributed by atoms with Gasteiger partial charge in [0.15, 0.2) is 0 Å². The SMILES string of the molecule is CC(=N)[O-].CCCC(=O)ON(C(N)=O)C(C)c1cc2ccccc2s1.CC[N+](CC)(CC)CC. The van der Waals surface area contributed by atoms with E-state index >= 15 is 0 Å². The Morgan fingerprint density at radius 3 is 2.00 bits per heavy atom. The van der Waals surface area contributed by atoms with Crippen LogP contribution in [0.15, 0.2) is 30.3 Å². The number of rotatable bonds is 8. The van der Waals surface area contributed by atoms with Crippen LogP contribution in [0.1, 0.15) is 72.2 Å². The van der Waals surface area contributed by atoms with Gasteiger partial charge in [0.25, 0.3) is 0 Å². The van der Waals surface area contributed by atoms with Gasteiger partial charge < -0.3 is 25.6 Å². The van der Waals surface area contributed by atoms with Crippen LogP contribution in [-0.4, -0.2) is 53.6 Å². The molecule has 1 atom stereocenters. The molecule has 0 aliphatic rings. The molecule has 1 heterocycles. The molecule has 8 nitrogen and oxygen atoms in total. The number of hydrogen-bond acceptors (Lipinski definition) is 6. The molecule has 192 valence electrons. The van der Waals surface area contributed by atoms with Gasteiger partial charge >= 0.3 is 12.0 Å². The Morgan fingerprint density at radius 2 is 1.62 bits per heavy atom. The minimum Gasteiger partial charge on any atom is -0.862 e. The van der Waals surface area contributed by atoms with Crippen LogP contribution in [0.3, 0.4) is 0 Å². The minimum absolute atomic E-state index is 0.253. The van der Waals surface area contributed by atoms with E-state index in [0.717, 1.165) is 20.0 Å². The number of urea groups is 1. The monoisotopic (exact) mass is 494 g/mol. The lowest BCUT2D eigenvalue weighted by atomic mass is 10.2. The zero-order chi connectivity index (χ0) is 26.3. The summed E-state index contributed by atoms with van der Waals surface area (Å²) in [6, 6.07) is 8.71. The molecule has 0 spiro atoms. The number of carbonyl (C=O) groups excluding carboxylic acids is 2. The van der Waals surface area contributed by atoms with E-state index < -0.39 is 23.9 Å². The highest BCUT2D eigenvalue weighted by Crippen LogP contribution is 2.32. The summed E-state index contributed by atoms with van der Waals surface area (Å²) < 4.78 is 2.39. The number of hydroxylamine groups is 2. The van der Waals surface area contributed by atoms with Crippen LogP contribution in [0.25, 0.3) is 10.1 Å². The van der Waals surface area contributed by atoms with E-state index in [2.05, 4.69) is 27.7 Å². The van der Waals surface area contributed by atoms with Crippen molar-refractivity contribution in [2.75, 3.05) is 26.2 Å².